The van der Waals surface area contributed by atoms with Crippen LogP contribution in [0.5, 0.6) is 0 Å². The van der Waals surface area contributed by atoms with Crippen LogP contribution in [0.25, 0.3) is 0 Å². The van der Waals surface area contributed by atoms with Crippen molar-refractivity contribution in [1.29, 1.82) is 0 Å². The number of piperazine rings is 1. The molecule has 1 aliphatic heterocycles. The van der Waals surface area contributed by atoms with Gasteiger partial charge in [0.1, 0.15) is 0 Å². The van der Waals surface area contributed by atoms with Gasteiger partial charge in [-0.15, -0.1) is 0 Å². The van der Waals surface area contributed by atoms with E-state index in [0.717, 1.165) is 26.2 Å². The molecule has 0 radical (unpaired) electrons. The van der Waals surface area contributed by atoms with Crippen molar-refractivity contribution in [2.45, 2.75) is 32.7 Å². The Morgan fingerprint density at radius 3 is 2.44 bits per heavy atom. The van der Waals surface area contributed by atoms with Gasteiger partial charge in [0.2, 0.25) is 0 Å². The van der Waals surface area contributed by atoms with Crippen molar-refractivity contribution in [3.05, 3.63) is 24.2 Å². The third kappa shape index (κ3) is 2.75. The van der Waals surface area contributed by atoms with E-state index in [9.17, 15) is 4.79 Å². The fraction of sp³-hybridized carbons (Fsp3) is 0.643. The SMILES string of the molecule is CCC(CC)N1CCN(C(=O)c2ccco2)CC1. The zero-order valence-electron chi connectivity index (χ0n) is 11.3. The highest BCUT2D eigenvalue weighted by Gasteiger charge is 2.25. The van der Waals surface area contributed by atoms with E-state index in [4.69, 9.17) is 4.42 Å². The maximum absolute atomic E-state index is 12.1. The molecule has 0 saturated carbocycles. The van der Waals surface area contributed by atoms with Gasteiger partial charge in [-0.2, -0.15) is 0 Å². The first kappa shape index (κ1) is 13.1. The summed E-state index contributed by atoms with van der Waals surface area (Å²) in [5.41, 5.74) is 0. The maximum Gasteiger partial charge on any atom is 0.289 e. The summed E-state index contributed by atoms with van der Waals surface area (Å²) in [5, 5.41) is 0. The predicted molar refractivity (Wildman–Crippen MR) is 70.6 cm³/mol. The lowest BCUT2D eigenvalue weighted by molar-refractivity contribution is 0.0532. The number of hydrogen-bond donors (Lipinski definition) is 0. The zero-order chi connectivity index (χ0) is 13.0. The molecule has 0 atom stereocenters. The minimum atomic E-state index is 0.0178. The van der Waals surface area contributed by atoms with Crippen molar-refractivity contribution < 1.29 is 9.21 Å². The summed E-state index contributed by atoms with van der Waals surface area (Å²) in [6, 6.07) is 4.15. The summed E-state index contributed by atoms with van der Waals surface area (Å²) in [7, 11) is 0. The summed E-state index contributed by atoms with van der Waals surface area (Å²) in [6.45, 7) is 8.01. The highest BCUT2D eigenvalue weighted by Crippen LogP contribution is 2.14. The molecule has 4 heteroatoms. The van der Waals surface area contributed by atoms with Gasteiger partial charge >= 0.3 is 0 Å². The number of rotatable bonds is 4. The Morgan fingerprint density at radius 1 is 1.28 bits per heavy atom. The second-order valence-electron chi connectivity index (χ2n) is 4.78. The molecule has 0 bridgehead atoms. The molecule has 0 aliphatic carbocycles. The third-order valence-corrected chi connectivity index (χ3v) is 3.79. The average molecular weight is 250 g/mol. The first-order valence-corrected chi connectivity index (χ1v) is 6.83. The number of amides is 1. The largest absolute Gasteiger partial charge is 0.459 e. The average Bonchev–Trinajstić information content (AvgIpc) is 2.94. The molecular formula is C14H22N2O2. The quantitative estimate of drug-likeness (QED) is 0.822. The van der Waals surface area contributed by atoms with Gasteiger partial charge in [0.15, 0.2) is 5.76 Å². The van der Waals surface area contributed by atoms with Crippen LogP contribution in [0.2, 0.25) is 0 Å². The summed E-state index contributed by atoms with van der Waals surface area (Å²) in [4.78, 5) is 16.5. The number of carbonyl (C=O) groups excluding carboxylic acids is 1. The molecule has 100 valence electrons. The van der Waals surface area contributed by atoms with E-state index >= 15 is 0 Å². The number of nitrogens with zero attached hydrogens (tertiary/aromatic N) is 2. The van der Waals surface area contributed by atoms with Gasteiger partial charge in [0.05, 0.1) is 6.26 Å². The van der Waals surface area contributed by atoms with Crippen LogP contribution in [-0.2, 0) is 0 Å². The molecule has 1 aliphatic rings. The lowest BCUT2D eigenvalue weighted by Crippen LogP contribution is -2.51. The van der Waals surface area contributed by atoms with Crippen LogP contribution in [0.3, 0.4) is 0 Å². The van der Waals surface area contributed by atoms with Crippen LogP contribution in [0.4, 0.5) is 0 Å². The zero-order valence-corrected chi connectivity index (χ0v) is 11.3. The molecule has 0 N–H and O–H groups in total. The highest BCUT2D eigenvalue weighted by molar-refractivity contribution is 5.91. The van der Waals surface area contributed by atoms with Crippen molar-refractivity contribution >= 4 is 5.91 Å². The number of hydrogen-bond acceptors (Lipinski definition) is 3. The Balaban J connectivity index is 1.89. The fourth-order valence-corrected chi connectivity index (χ4v) is 2.65. The summed E-state index contributed by atoms with van der Waals surface area (Å²) in [5.74, 6) is 0.468. The maximum atomic E-state index is 12.1. The minimum absolute atomic E-state index is 0.0178. The van der Waals surface area contributed by atoms with Crippen molar-refractivity contribution in [1.82, 2.24) is 9.80 Å². The first-order valence-electron chi connectivity index (χ1n) is 6.83. The Kier molecular flexibility index (Phi) is 4.42. The van der Waals surface area contributed by atoms with Gasteiger partial charge in [0.25, 0.3) is 5.91 Å². The summed E-state index contributed by atoms with van der Waals surface area (Å²) < 4.78 is 5.16. The van der Waals surface area contributed by atoms with E-state index in [1.165, 1.54) is 12.8 Å². The lowest BCUT2D eigenvalue weighted by Gasteiger charge is -2.38. The van der Waals surface area contributed by atoms with Crippen LogP contribution in [0.15, 0.2) is 22.8 Å². The molecule has 2 heterocycles. The van der Waals surface area contributed by atoms with E-state index in [1.807, 2.05) is 4.90 Å². The van der Waals surface area contributed by atoms with Gasteiger partial charge in [-0.25, -0.2) is 0 Å². The molecule has 1 aromatic heterocycles. The van der Waals surface area contributed by atoms with Crippen LogP contribution in [-0.4, -0.2) is 47.9 Å². The monoisotopic (exact) mass is 250 g/mol. The normalized spacial score (nSPS) is 17.4. The van der Waals surface area contributed by atoms with E-state index < -0.39 is 0 Å². The van der Waals surface area contributed by atoms with Crippen molar-refractivity contribution in [3.8, 4) is 0 Å². The smallest absolute Gasteiger partial charge is 0.289 e. The van der Waals surface area contributed by atoms with Gasteiger partial charge in [0, 0.05) is 32.2 Å². The summed E-state index contributed by atoms with van der Waals surface area (Å²) >= 11 is 0. The van der Waals surface area contributed by atoms with Crippen LogP contribution in [0, 0.1) is 0 Å². The van der Waals surface area contributed by atoms with Crippen LogP contribution >= 0.6 is 0 Å². The molecule has 0 unspecified atom stereocenters. The van der Waals surface area contributed by atoms with Crippen molar-refractivity contribution in [3.63, 3.8) is 0 Å². The van der Waals surface area contributed by atoms with E-state index in [0.29, 0.717) is 11.8 Å². The summed E-state index contributed by atoms with van der Waals surface area (Å²) in [6.07, 6.45) is 3.92. The van der Waals surface area contributed by atoms with E-state index in [1.54, 1.807) is 18.4 Å². The first-order chi connectivity index (χ1) is 8.76. The second-order valence-corrected chi connectivity index (χ2v) is 4.78. The lowest BCUT2D eigenvalue weighted by atomic mass is 10.1. The van der Waals surface area contributed by atoms with E-state index in [2.05, 4.69) is 18.7 Å². The number of furan rings is 1. The van der Waals surface area contributed by atoms with Crippen LogP contribution < -0.4 is 0 Å². The van der Waals surface area contributed by atoms with E-state index in [-0.39, 0.29) is 5.91 Å². The second kappa shape index (κ2) is 6.05. The molecule has 2 rings (SSSR count). The Labute approximate surface area is 109 Å². The fourth-order valence-electron chi connectivity index (χ4n) is 2.65. The molecule has 4 nitrogen and oxygen atoms in total. The third-order valence-electron chi connectivity index (χ3n) is 3.79. The van der Waals surface area contributed by atoms with Gasteiger partial charge in [-0.1, -0.05) is 13.8 Å². The van der Waals surface area contributed by atoms with Crippen molar-refractivity contribution in [2.75, 3.05) is 26.2 Å². The van der Waals surface area contributed by atoms with Gasteiger partial charge in [-0.05, 0) is 25.0 Å². The standard InChI is InChI=1S/C14H22N2O2/c1-3-12(4-2)15-7-9-16(10-8-15)14(17)13-6-5-11-18-13/h5-6,11-12H,3-4,7-10H2,1-2H3. The molecule has 1 amide bonds. The molecule has 1 fully saturated rings. The van der Waals surface area contributed by atoms with Gasteiger partial charge in [-0.3, -0.25) is 9.69 Å². The van der Waals surface area contributed by atoms with Gasteiger partial charge < -0.3 is 9.32 Å². The van der Waals surface area contributed by atoms with Crippen LogP contribution in [0.1, 0.15) is 37.2 Å². The molecule has 1 aromatic rings. The number of carbonyl (C=O) groups is 1. The molecule has 0 aromatic carbocycles. The predicted octanol–water partition coefficient (Wildman–Crippen LogP) is 2.23. The minimum Gasteiger partial charge on any atom is -0.459 e. The molecule has 0 spiro atoms. The molecule has 18 heavy (non-hydrogen) atoms. The highest BCUT2D eigenvalue weighted by atomic mass is 16.3. The molecule has 1 saturated heterocycles. The Hall–Kier alpha value is -1.29. The topological polar surface area (TPSA) is 36.7 Å². The Morgan fingerprint density at radius 2 is 1.94 bits per heavy atom. The Bertz CT molecular complexity index is 363. The van der Waals surface area contributed by atoms with Crippen molar-refractivity contribution in [2.24, 2.45) is 0 Å². The molecular weight excluding hydrogens is 228 g/mol.